The summed E-state index contributed by atoms with van der Waals surface area (Å²) >= 11 is 0. The quantitative estimate of drug-likeness (QED) is 0.797. The van der Waals surface area contributed by atoms with Crippen molar-refractivity contribution in [1.82, 2.24) is 9.55 Å². The molecule has 0 aliphatic heterocycles. The van der Waals surface area contributed by atoms with E-state index in [4.69, 9.17) is 0 Å². The molecule has 104 valence electrons. The largest absolute Gasteiger partial charge is 0.322 e. The van der Waals surface area contributed by atoms with Crippen molar-refractivity contribution in [3.63, 3.8) is 0 Å². The highest BCUT2D eigenvalue weighted by atomic mass is 16.1. The number of nitrogens with one attached hydrogen (secondary N) is 1. The molecule has 0 aliphatic carbocycles. The molecule has 21 heavy (non-hydrogen) atoms. The molecule has 4 heteroatoms. The number of hydrogen-bond acceptors (Lipinski definition) is 2. The zero-order chi connectivity index (χ0) is 14.7. The summed E-state index contributed by atoms with van der Waals surface area (Å²) in [6.07, 6.45) is 5.34. The Balaban J connectivity index is 1.77. The lowest BCUT2D eigenvalue weighted by molar-refractivity contribution is 0.102. The molecule has 0 radical (unpaired) electrons. The molecule has 0 atom stereocenters. The number of aryl methyl sites for hydroxylation is 1. The lowest BCUT2D eigenvalue weighted by atomic mass is 10.1. The van der Waals surface area contributed by atoms with Crippen LogP contribution in [0.5, 0.6) is 0 Å². The molecule has 0 fully saturated rings. The Morgan fingerprint density at radius 2 is 1.86 bits per heavy atom. The third-order valence-electron chi connectivity index (χ3n) is 3.32. The first-order valence-electron chi connectivity index (χ1n) is 6.69. The average Bonchev–Trinajstić information content (AvgIpc) is 3.02. The molecule has 0 spiro atoms. The van der Waals surface area contributed by atoms with Crippen LogP contribution in [0, 0.1) is 6.92 Å². The number of nitrogens with zero attached hydrogens (tertiary/aromatic N) is 2. The minimum Gasteiger partial charge on any atom is -0.322 e. The molecular formula is C17H15N3O. The fourth-order valence-electron chi connectivity index (χ4n) is 2.15. The summed E-state index contributed by atoms with van der Waals surface area (Å²) in [5, 5.41) is 2.91. The summed E-state index contributed by atoms with van der Waals surface area (Å²) in [6.45, 7) is 1.93. The van der Waals surface area contributed by atoms with E-state index in [1.54, 1.807) is 12.5 Å². The van der Waals surface area contributed by atoms with Gasteiger partial charge in [-0.05, 0) is 42.8 Å². The van der Waals surface area contributed by atoms with E-state index in [0.29, 0.717) is 5.56 Å². The summed E-state index contributed by atoms with van der Waals surface area (Å²) < 4.78 is 1.91. The molecule has 4 nitrogen and oxygen atoms in total. The lowest BCUT2D eigenvalue weighted by Crippen LogP contribution is -2.13. The van der Waals surface area contributed by atoms with Crippen molar-refractivity contribution in [2.75, 3.05) is 5.32 Å². The van der Waals surface area contributed by atoms with Crippen molar-refractivity contribution in [2.24, 2.45) is 0 Å². The molecular weight excluding hydrogens is 262 g/mol. The van der Waals surface area contributed by atoms with Crippen LogP contribution in [0.15, 0.2) is 67.3 Å². The Kier molecular flexibility index (Phi) is 3.51. The van der Waals surface area contributed by atoms with Crippen molar-refractivity contribution in [2.45, 2.75) is 6.92 Å². The minimum atomic E-state index is -0.0940. The first-order valence-corrected chi connectivity index (χ1v) is 6.69. The summed E-state index contributed by atoms with van der Waals surface area (Å²) in [5.41, 5.74) is 3.43. The van der Waals surface area contributed by atoms with Gasteiger partial charge in [-0.15, -0.1) is 0 Å². The molecule has 0 saturated carbocycles. The number of carbonyl (C=O) groups is 1. The summed E-state index contributed by atoms with van der Waals surface area (Å²) in [4.78, 5) is 16.2. The molecule has 0 unspecified atom stereocenters. The predicted octanol–water partition coefficient (Wildman–Crippen LogP) is 3.43. The van der Waals surface area contributed by atoms with Gasteiger partial charge in [-0.25, -0.2) is 4.98 Å². The smallest absolute Gasteiger partial charge is 0.255 e. The highest BCUT2D eigenvalue weighted by molar-refractivity contribution is 6.05. The normalized spacial score (nSPS) is 10.3. The maximum absolute atomic E-state index is 12.2. The number of rotatable bonds is 3. The van der Waals surface area contributed by atoms with Gasteiger partial charge in [0.2, 0.25) is 0 Å². The fourth-order valence-corrected chi connectivity index (χ4v) is 2.15. The second-order valence-corrected chi connectivity index (χ2v) is 4.79. The van der Waals surface area contributed by atoms with Crippen molar-refractivity contribution in [3.05, 3.63) is 78.4 Å². The minimum absolute atomic E-state index is 0.0940. The van der Waals surface area contributed by atoms with Gasteiger partial charge in [0.05, 0.1) is 6.33 Å². The predicted molar refractivity (Wildman–Crippen MR) is 82.7 cm³/mol. The zero-order valence-electron chi connectivity index (χ0n) is 11.7. The van der Waals surface area contributed by atoms with Crippen molar-refractivity contribution >= 4 is 11.6 Å². The number of carbonyl (C=O) groups excluding carboxylic acids is 1. The van der Waals surface area contributed by atoms with Crippen molar-refractivity contribution in [1.29, 1.82) is 0 Å². The molecule has 3 rings (SSSR count). The number of aromatic nitrogens is 2. The molecule has 2 aromatic carbocycles. The van der Waals surface area contributed by atoms with Gasteiger partial charge < -0.3 is 9.88 Å². The van der Waals surface area contributed by atoms with Crippen LogP contribution in [0.1, 0.15) is 15.9 Å². The highest BCUT2D eigenvalue weighted by Crippen LogP contribution is 2.15. The fraction of sp³-hybridized carbons (Fsp3) is 0.0588. The van der Waals surface area contributed by atoms with E-state index in [1.165, 1.54) is 0 Å². The number of anilines is 1. The van der Waals surface area contributed by atoms with E-state index in [-0.39, 0.29) is 5.91 Å². The summed E-state index contributed by atoms with van der Waals surface area (Å²) in [6, 6.07) is 15.2. The Morgan fingerprint density at radius 3 is 2.52 bits per heavy atom. The van der Waals surface area contributed by atoms with Gasteiger partial charge in [0.15, 0.2) is 0 Å². The van der Waals surface area contributed by atoms with Crippen LogP contribution in [0.25, 0.3) is 5.69 Å². The van der Waals surface area contributed by atoms with Crippen LogP contribution in [0.2, 0.25) is 0 Å². The van der Waals surface area contributed by atoms with E-state index < -0.39 is 0 Å². The Morgan fingerprint density at radius 1 is 1.10 bits per heavy atom. The van der Waals surface area contributed by atoms with Crippen molar-refractivity contribution in [3.8, 4) is 5.69 Å². The SMILES string of the molecule is Cc1ccccc1C(=O)Nc1ccc(-n2ccnc2)cc1. The van der Waals surface area contributed by atoms with Crippen LogP contribution in [-0.2, 0) is 0 Å². The maximum Gasteiger partial charge on any atom is 0.255 e. The average molecular weight is 277 g/mol. The van der Waals surface area contributed by atoms with Crippen LogP contribution in [-0.4, -0.2) is 15.5 Å². The van der Waals surface area contributed by atoms with Gasteiger partial charge >= 0.3 is 0 Å². The first kappa shape index (κ1) is 13.1. The third kappa shape index (κ3) is 2.84. The van der Waals surface area contributed by atoms with Gasteiger partial charge in [-0.3, -0.25) is 4.79 Å². The number of imidazole rings is 1. The molecule has 0 aliphatic rings. The topological polar surface area (TPSA) is 46.9 Å². The first-order chi connectivity index (χ1) is 10.2. The summed E-state index contributed by atoms with van der Waals surface area (Å²) in [7, 11) is 0. The third-order valence-corrected chi connectivity index (χ3v) is 3.32. The van der Waals surface area contributed by atoms with E-state index in [0.717, 1.165) is 16.9 Å². The van der Waals surface area contributed by atoms with E-state index in [9.17, 15) is 4.79 Å². The van der Waals surface area contributed by atoms with Crippen LogP contribution in [0.3, 0.4) is 0 Å². The van der Waals surface area contributed by atoms with Gasteiger partial charge in [0.25, 0.3) is 5.91 Å². The van der Waals surface area contributed by atoms with Gasteiger partial charge in [-0.2, -0.15) is 0 Å². The van der Waals surface area contributed by atoms with Gasteiger partial charge in [0, 0.05) is 29.3 Å². The Bertz CT molecular complexity index is 746. The monoisotopic (exact) mass is 277 g/mol. The Hall–Kier alpha value is -2.88. The number of benzene rings is 2. The molecule has 1 amide bonds. The zero-order valence-corrected chi connectivity index (χ0v) is 11.7. The van der Waals surface area contributed by atoms with E-state index >= 15 is 0 Å². The second-order valence-electron chi connectivity index (χ2n) is 4.79. The Labute approximate surface area is 123 Å². The van der Waals surface area contributed by atoms with Gasteiger partial charge in [-0.1, -0.05) is 18.2 Å². The second kappa shape index (κ2) is 5.63. The van der Waals surface area contributed by atoms with Crippen molar-refractivity contribution < 1.29 is 4.79 Å². The molecule has 0 bridgehead atoms. The van der Waals surface area contributed by atoms with Crippen LogP contribution >= 0.6 is 0 Å². The molecule has 1 N–H and O–H groups in total. The molecule has 0 saturated heterocycles. The van der Waals surface area contributed by atoms with Gasteiger partial charge in [0.1, 0.15) is 0 Å². The molecule has 1 aromatic heterocycles. The number of hydrogen-bond donors (Lipinski definition) is 1. The van der Waals surface area contributed by atoms with E-state index in [2.05, 4.69) is 10.3 Å². The number of amides is 1. The highest BCUT2D eigenvalue weighted by Gasteiger charge is 2.08. The van der Waals surface area contributed by atoms with Crippen LogP contribution in [0.4, 0.5) is 5.69 Å². The maximum atomic E-state index is 12.2. The van der Waals surface area contributed by atoms with Crippen LogP contribution < -0.4 is 5.32 Å². The standard InChI is InChI=1S/C17H15N3O/c1-13-4-2-3-5-16(13)17(21)19-14-6-8-15(9-7-14)20-11-10-18-12-20/h2-12H,1H3,(H,19,21). The summed E-state index contributed by atoms with van der Waals surface area (Å²) in [5.74, 6) is -0.0940. The molecule has 1 heterocycles. The lowest BCUT2D eigenvalue weighted by Gasteiger charge is -2.08. The molecule has 3 aromatic rings. The van der Waals surface area contributed by atoms with E-state index in [1.807, 2.05) is 66.2 Å².